The van der Waals surface area contributed by atoms with E-state index < -0.39 is 0 Å². The molecule has 0 amide bonds. The second kappa shape index (κ2) is 4.70. The molecule has 3 heteroatoms. The minimum Gasteiger partial charge on any atom is -0.469 e. The molecule has 0 fully saturated rings. The lowest BCUT2D eigenvalue weighted by atomic mass is 10.0. The number of aromatic nitrogens is 1. The van der Waals surface area contributed by atoms with Gasteiger partial charge in [-0.3, -0.25) is 4.79 Å². The van der Waals surface area contributed by atoms with Gasteiger partial charge in [0.1, 0.15) is 0 Å². The minimum atomic E-state index is -0.128. The van der Waals surface area contributed by atoms with E-state index in [1.165, 1.54) is 7.11 Å². The van der Waals surface area contributed by atoms with E-state index in [2.05, 4.69) is 4.98 Å². The zero-order chi connectivity index (χ0) is 9.68. The molecule has 1 heterocycles. The monoisotopic (exact) mass is 181 g/mol. The van der Waals surface area contributed by atoms with Gasteiger partial charge < -0.3 is 9.72 Å². The molecule has 0 aromatic carbocycles. The molecule has 0 saturated carbocycles. The van der Waals surface area contributed by atoms with E-state index in [0.717, 1.165) is 18.5 Å². The number of ether oxygens (including phenoxy) is 1. The standard InChI is InChI=1S/C10H15NO2/c1-3-8(10(12)13-2)7-9-5-4-6-11-9/h4-6,8,11H,3,7H2,1-2H3. The van der Waals surface area contributed by atoms with Crippen LogP contribution in [0.25, 0.3) is 0 Å². The van der Waals surface area contributed by atoms with Crippen LogP contribution in [-0.2, 0) is 16.0 Å². The van der Waals surface area contributed by atoms with E-state index in [1.807, 2.05) is 25.3 Å². The third-order valence-electron chi connectivity index (χ3n) is 2.16. The van der Waals surface area contributed by atoms with Crippen LogP contribution in [0, 0.1) is 5.92 Å². The van der Waals surface area contributed by atoms with Crippen molar-refractivity contribution in [2.75, 3.05) is 7.11 Å². The maximum absolute atomic E-state index is 11.2. The van der Waals surface area contributed by atoms with Gasteiger partial charge in [0.2, 0.25) is 0 Å². The molecule has 1 N–H and O–H groups in total. The van der Waals surface area contributed by atoms with E-state index in [-0.39, 0.29) is 11.9 Å². The molecule has 0 aliphatic heterocycles. The van der Waals surface area contributed by atoms with Gasteiger partial charge in [0.25, 0.3) is 0 Å². The Balaban J connectivity index is 2.54. The van der Waals surface area contributed by atoms with Gasteiger partial charge in [0, 0.05) is 18.3 Å². The quantitative estimate of drug-likeness (QED) is 0.719. The highest BCUT2D eigenvalue weighted by Gasteiger charge is 2.17. The number of hydrogen-bond acceptors (Lipinski definition) is 2. The topological polar surface area (TPSA) is 42.1 Å². The van der Waals surface area contributed by atoms with Crippen LogP contribution in [0.2, 0.25) is 0 Å². The first-order valence-corrected chi connectivity index (χ1v) is 4.48. The molecule has 0 radical (unpaired) electrons. The molecule has 1 aromatic rings. The van der Waals surface area contributed by atoms with Crippen LogP contribution in [0.5, 0.6) is 0 Å². The lowest BCUT2D eigenvalue weighted by Crippen LogP contribution is -2.17. The van der Waals surface area contributed by atoms with Crippen molar-refractivity contribution in [2.24, 2.45) is 5.92 Å². The SMILES string of the molecule is CCC(Cc1ccc[nH]1)C(=O)OC. The van der Waals surface area contributed by atoms with Crippen LogP contribution in [0.3, 0.4) is 0 Å². The molecule has 72 valence electrons. The van der Waals surface area contributed by atoms with Gasteiger partial charge in [-0.15, -0.1) is 0 Å². The number of esters is 1. The Bertz CT molecular complexity index is 254. The van der Waals surface area contributed by atoms with Gasteiger partial charge >= 0.3 is 5.97 Å². The highest BCUT2D eigenvalue weighted by atomic mass is 16.5. The van der Waals surface area contributed by atoms with Crippen LogP contribution in [0.4, 0.5) is 0 Å². The molecule has 0 spiro atoms. The first-order valence-electron chi connectivity index (χ1n) is 4.48. The van der Waals surface area contributed by atoms with E-state index in [9.17, 15) is 4.79 Å². The van der Waals surface area contributed by atoms with Crippen LogP contribution in [0.15, 0.2) is 18.3 Å². The first kappa shape index (κ1) is 9.84. The van der Waals surface area contributed by atoms with E-state index in [4.69, 9.17) is 4.74 Å². The second-order valence-electron chi connectivity index (χ2n) is 3.03. The number of H-pyrrole nitrogens is 1. The Hall–Kier alpha value is -1.25. The summed E-state index contributed by atoms with van der Waals surface area (Å²) in [7, 11) is 1.43. The highest BCUT2D eigenvalue weighted by Crippen LogP contribution is 2.11. The fourth-order valence-corrected chi connectivity index (χ4v) is 1.32. The number of carbonyl (C=O) groups is 1. The fourth-order valence-electron chi connectivity index (χ4n) is 1.32. The molecule has 1 rings (SSSR count). The predicted molar refractivity (Wildman–Crippen MR) is 50.3 cm³/mol. The number of hydrogen-bond donors (Lipinski definition) is 1. The summed E-state index contributed by atoms with van der Waals surface area (Å²) < 4.78 is 4.70. The number of carbonyl (C=O) groups excluding carboxylic acids is 1. The molecular weight excluding hydrogens is 166 g/mol. The summed E-state index contributed by atoms with van der Waals surface area (Å²) in [5.41, 5.74) is 1.08. The minimum absolute atomic E-state index is 0.0244. The summed E-state index contributed by atoms with van der Waals surface area (Å²) in [4.78, 5) is 14.3. The number of aromatic amines is 1. The highest BCUT2D eigenvalue weighted by molar-refractivity contribution is 5.72. The second-order valence-corrected chi connectivity index (χ2v) is 3.03. The average molecular weight is 181 g/mol. The Morgan fingerprint density at radius 1 is 1.69 bits per heavy atom. The fraction of sp³-hybridized carbons (Fsp3) is 0.500. The third-order valence-corrected chi connectivity index (χ3v) is 2.16. The summed E-state index contributed by atoms with van der Waals surface area (Å²) in [6.45, 7) is 1.99. The van der Waals surface area contributed by atoms with Crippen molar-refractivity contribution in [1.29, 1.82) is 0 Å². The summed E-state index contributed by atoms with van der Waals surface area (Å²) in [5, 5.41) is 0. The van der Waals surface area contributed by atoms with Crippen molar-refractivity contribution < 1.29 is 9.53 Å². The molecule has 0 aliphatic rings. The van der Waals surface area contributed by atoms with Crippen LogP contribution in [-0.4, -0.2) is 18.1 Å². The number of nitrogens with one attached hydrogen (secondary N) is 1. The smallest absolute Gasteiger partial charge is 0.309 e. The predicted octanol–water partition coefficient (Wildman–Crippen LogP) is 1.76. The summed E-state index contributed by atoms with van der Waals surface area (Å²) in [6.07, 6.45) is 3.40. The van der Waals surface area contributed by atoms with Gasteiger partial charge in [0.05, 0.1) is 13.0 Å². The molecule has 0 bridgehead atoms. The summed E-state index contributed by atoms with van der Waals surface area (Å²) >= 11 is 0. The molecule has 1 aromatic heterocycles. The van der Waals surface area contributed by atoms with Crippen molar-refractivity contribution in [3.63, 3.8) is 0 Å². The van der Waals surface area contributed by atoms with E-state index in [0.29, 0.717) is 0 Å². The van der Waals surface area contributed by atoms with Crippen molar-refractivity contribution in [2.45, 2.75) is 19.8 Å². The zero-order valence-corrected chi connectivity index (χ0v) is 8.04. The Kier molecular flexibility index (Phi) is 3.55. The molecule has 0 saturated heterocycles. The Morgan fingerprint density at radius 3 is 2.92 bits per heavy atom. The van der Waals surface area contributed by atoms with Gasteiger partial charge in [-0.1, -0.05) is 6.92 Å². The summed E-state index contributed by atoms with van der Waals surface area (Å²) in [6, 6.07) is 3.91. The zero-order valence-electron chi connectivity index (χ0n) is 8.04. The van der Waals surface area contributed by atoms with E-state index in [1.54, 1.807) is 0 Å². The Labute approximate surface area is 78.1 Å². The Morgan fingerprint density at radius 2 is 2.46 bits per heavy atom. The van der Waals surface area contributed by atoms with Crippen molar-refractivity contribution in [1.82, 2.24) is 4.98 Å². The molecule has 1 atom stereocenters. The summed E-state index contributed by atoms with van der Waals surface area (Å²) in [5.74, 6) is -0.152. The molecular formula is C10H15NO2. The maximum Gasteiger partial charge on any atom is 0.309 e. The van der Waals surface area contributed by atoms with Gasteiger partial charge in [-0.25, -0.2) is 0 Å². The molecule has 13 heavy (non-hydrogen) atoms. The van der Waals surface area contributed by atoms with Crippen molar-refractivity contribution in [3.8, 4) is 0 Å². The lowest BCUT2D eigenvalue weighted by Gasteiger charge is -2.10. The lowest BCUT2D eigenvalue weighted by molar-refractivity contribution is -0.145. The molecule has 3 nitrogen and oxygen atoms in total. The third kappa shape index (κ3) is 2.61. The largest absolute Gasteiger partial charge is 0.469 e. The molecule has 1 unspecified atom stereocenters. The normalized spacial score (nSPS) is 12.5. The van der Waals surface area contributed by atoms with Crippen LogP contribution in [0.1, 0.15) is 19.0 Å². The van der Waals surface area contributed by atoms with Crippen molar-refractivity contribution in [3.05, 3.63) is 24.0 Å². The van der Waals surface area contributed by atoms with Crippen molar-refractivity contribution >= 4 is 5.97 Å². The van der Waals surface area contributed by atoms with Crippen LogP contribution >= 0.6 is 0 Å². The van der Waals surface area contributed by atoms with Gasteiger partial charge in [0.15, 0.2) is 0 Å². The van der Waals surface area contributed by atoms with Gasteiger partial charge in [-0.05, 0) is 18.6 Å². The number of rotatable bonds is 4. The van der Waals surface area contributed by atoms with E-state index >= 15 is 0 Å². The maximum atomic E-state index is 11.2. The molecule has 0 aliphatic carbocycles. The first-order chi connectivity index (χ1) is 6.27. The number of methoxy groups -OCH3 is 1. The van der Waals surface area contributed by atoms with Gasteiger partial charge in [-0.2, -0.15) is 0 Å². The average Bonchev–Trinajstić information content (AvgIpc) is 2.65. The van der Waals surface area contributed by atoms with Crippen LogP contribution < -0.4 is 0 Å².